The Morgan fingerprint density at radius 3 is 2.00 bits per heavy atom. The van der Waals surface area contributed by atoms with Crippen molar-refractivity contribution in [1.29, 1.82) is 0 Å². The highest BCUT2D eigenvalue weighted by Gasteiger charge is 2.19. The fourth-order valence-corrected chi connectivity index (χ4v) is 2.30. The van der Waals surface area contributed by atoms with E-state index in [9.17, 15) is 4.79 Å². The van der Waals surface area contributed by atoms with Gasteiger partial charge in [-0.05, 0) is 6.92 Å². The maximum Gasteiger partial charge on any atom is 0.164 e. The van der Waals surface area contributed by atoms with Gasteiger partial charge in [0.2, 0.25) is 0 Å². The number of carbonyl (C=O) groups excluding carboxylic acids is 1. The lowest BCUT2D eigenvalue weighted by molar-refractivity contribution is 0.101. The average molecular weight is 262 g/mol. The molecule has 0 saturated carbocycles. The van der Waals surface area contributed by atoms with Gasteiger partial charge in [-0.2, -0.15) is 5.10 Å². The summed E-state index contributed by atoms with van der Waals surface area (Å²) in [5.41, 5.74) is 4.03. The maximum absolute atomic E-state index is 12.0. The number of aromatic amines is 1. The standard InChI is InChI=1S/C17H14N2O/c1-12(20)15-16(13-8-4-2-5-9-13)18-19-17(15)14-10-6-3-7-11-14/h2-11H,1H3,(H,18,19). The maximum atomic E-state index is 12.0. The van der Waals surface area contributed by atoms with E-state index in [0.717, 1.165) is 16.8 Å². The molecule has 0 aliphatic heterocycles. The molecule has 1 heterocycles. The molecule has 98 valence electrons. The van der Waals surface area contributed by atoms with E-state index in [1.807, 2.05) is 60.7 Å². The van der Waals surface area contributed by atoms with E-state index in [4.69, 9.17) is 0 Å². The smallest absolute Gasteiger partial charge is 0.164 e. The van der Waals surface area contributed by atoms with Crippen molar-refractivity contribution in [3.05, 3.63) is 66.2 Å². The molecule has 1 aromatic heterocycles. The molecule has 0 fully saturated rings. The summed E-state index contributed by atoms with van der Waals surface area (Å²) in [6.45, 7) is 1.57. The van der Waals surface area contributed by atoms with E-state index >= 15 is 0 Å². The third-order valence-corrected chi connectivity index (χ3v) is 3.23. The molecule has 0 unspecified atom stereocenters. The molecule has 0 amide bonds. The van der Waals surface area contributed by atoms with Crippen molar-refractivity contribution in [2.24, 2.45) is 0 Å². The minimum Gasteiger partial charge on any atom is -0.294 e. The van der Waals surface area contributed by atoms with Crippen LogP contribution in [0.2, 0.25) is 0 Å². The zero-order chi connectivity index (χ0) is 13.9. The van der Waals surface area contributed by atoms with Crippen molar-refractivity contribution in [3.63, 3.8) is 0 Å². The molecule has 20 heavy (non-hydrogen) atoms. The number of hydrogen-bond acceptors (Lipinski definition) is 2. The van der Waals surface area contributed by atoms with Crippen LogP contribution < -0.4 is 0 Å². The predicted octanol–water partition coefficient (Wildman–Crippen LogP) is 3.95. The Hall–Kier alpha value is -2.68. The summed E-state index contributed by atoms with van der Waals surface area (Å²) in [7, 11) is 0. The van der Waals surface area contributed by atoms with Crippen LogP contribution >= 0.6 is 0 Å². The Balaban J connectivity index is 2.20. The second-order valence-corrected chi connectivity index (χ2v) is 4.61. The van der Waals surface area contributed by atoms with E-state index in [1.54, 1.807) is 6.92 Å². The first-order valence-electron chi connectivity index (χ1n) is 6.47. The molecule has 0 aliphatic carbocycles. The van der Waals surface area contributed by atoms with Gasteiger partial charge < -0.3 is 0 Å². The summed E-state index contributed by atoms with van der Waals surface area (Å²) in [5.74, 6) is 0.0106. The normalized spacial score (nSPS) is 10.4. The van der Waals surface area contributed by atoms with Crippen molar-refractivity contribution in [1.82, 2.24) is 10.2 Å². The molecule has 0 aliphatic rings. The number of aromatic nitrogens is 2. The monoisotopic (exact) mass is 262 g/mol. The Morgan fingerprint density at radius 2 is 1.45 bits per heavy atom. The number of H-pyrrole nitrogens is 1. The number of nitrogens with one attached hydrogen (secondary N) is 1. The highest BCUT2D eigenvalue weighted by Crippen LogP contribution is 2.30. The lowest BCUT2D eigenvalue weighted by Crippen LogP contribution is -1.96. The zero-order valence-electron chi connectivity index (χ0n) is 11.1. The first kappa shape index (κ1) is 12.4. The lowest BCUT2D eigenvalue weighted by Gasteiger charge is -2.03. The number of nitrogens with zero attached hydrogens (tertiary/aromatic N) is 1. The minimum absolute atomic E-state index is 0.0106. The van der Waals surface area contributed by atoms with Crippen LogP contribution in [-0.4, -0.2) is 16.0 Å². The Kier molecular flexibility index (Phi) is 3.17. The quantitative estimate of drug-likeness (QED) is 0.726. The van der Waals surface area contributed by atoms with Crippen molar-refractivity contribution < 1.29 is 4.79 Å². The number of hydrogen-bond donors (Lipinski definition) is 1. The third-order valence-electron chi connectivity index (χ3n) is 3.23. The van der Waals surface area contributed by atoms with Gasteiger partial charge in [-0.25, -0.2) is 0 Å². The molecular weight excluding hydrogens is 248 g/mol. The van der Waals surface area contributed by atoms with Crippen LogP contribution in [0.5, 0.6) is 0 Å². The van der Waals surface area contributed by atoms with Gasteiger partial charge in [-0.3, -0.25) is 9.89 Å². The lowest BCUT2D eigenvalue weighted by atomic mass is 9.99. The molecule has 2 aromatic carbocycles. The van der Waals surface area contributed by atoms with Gasteiger partial charge in [0, 0.05) is 11.1 Å². The van der Waals surface area contributed by atoms with Crippen molar-refractivity contribution in [2.45, 2.75) is 6.92 Å². The summed E-state index contributed by atoms with van der Waals surface area (Å²) in [6, 6.07) is 19.5. The molecule has 0 atom stereocenters. The van der Waals surface area contributed by atoms with Crippen molar-refractivity contribution >= 4 is 5.78 Å². The minimum atomic E-state index is 0.0106. The first-order chi connectivity index (χ1) is 9.77. The fourth-order valence-electron chi connectivity index (χ4n) is 2.30. The second-order valence-electron chi connectivity index (χ2n) is 4.61. The third kappa shape index (κ3) is 2.14. The van der Waals surface area contributed by atoms with Crippen LogP contribution in [0.15, 0.2) is 60.7 Å². The van der Waals surface area contributed by atoms with Gasteiger partial charge in [-0.15, -0.1) is 0 Å². The van der Waals surface area contributed by atoms with Gasteiger partial charge in [0.25, 0.3) is 0 Å². The largest absolute Gasteiger partial charge is 0.294 e. The van der Waals surface area contributed by atoms with Crippen LogP contribution in [0.4, 0.5) is 0 Å². The highest BCUT2D eigenvalue weighted by atomic mass is 16.1. The highest BCUT2D eigenvalue weighted by molar-refractivity contribution is 6.05. The van der Waals surface area contributed by atoms with E-state index in [1.165, 1.54) is 0 Å². The van der Waals surface area contributed by atoms with Crippen LogP contribution in [0.25, 0.3) is 22.5 Å². The van der Waals surface area contributed by atoms with Gasteiger partial charge in [0.1, 0.15) is 5.69 Å². The Bertz CT molecular complexity index is 673. The molecule has 0 saturated heterocycles. The summed E-state index contributed by atoms with van der Waals surface area (Å²) in [6.07, 6.45) is 0. The molecule has 3 aromatic rings. The van der Waals surface area contributed by atoms with Crippen LogP contribution in [0.3, 0.4) is 0 Å². The Morgan fingerprint density at radius 1 is 0.900 bits per heavy atom. The van der Waals surface area contributed by atoms with E-state index in [0.29, 0.717) is 11.3 Å². The topological polar surface area (TPSA) is 45.8 Å². The van der Waals surface area contributed by atoms with Crippen LogP contribution in [0.1, 0.15) is 17.3 Å². The molecule has 3 rings (SSSR count). The SMILES string of the molecule is CC(=O)c1c(-c2ccccc2)n[nH]c1-c1ccccc1. The van der Waals surface area contributed by atoms with E-state index < -0.39 is 0 Å². The summed E-state index contributed by atoms with van der Waals surface area (Å²) >= 11 is 0. The molecule has 1 N–H and O–H groups in total. The number of Topliss-reactive ketones (excluding diaryl/α,β-unsaturated/α-hetero) is 1. The summed E-state index contributed by atoms with van der Waals surface area (Å²) in [4.78, 5) is 12.0. The van der Waals surface area contributed by atoms with Gasteiger partial charge in [-0.1, -0.05) is 60.7 Å². The number of benzene rings is 2. The summed E-state index contributed by atoms with van der Waals surface area (Å²) < 4.78 is 0. The zero-order valence-corrected chi connectivity index (χ0v) is 11.1. The van der Waals surface area contributed by atoms with Gasteiger partial charge >= 0.3 is 0 Å². The molecule has 3 nitrogen and oxygen atoms in total. The molecule has 0 bridgehead atoms. The van der Waals surface area contributed by atoms with Crippen LogP contribution in [-0.2, 0) is 0 Å². The molecule has 0 radical (unpaired) electrons. The van der Waals surface area contributed by atoms with Crippen molar-refractivity contribution in [3.8, 4) is 22.5 Å². The summed E-state index contributed by atoms with van der Waals surface area (Å²) in [5, 5.41) is 7.34. The molecular formula is C17H14N2O. The van der Waals surface area contributed by atoms with E-state index in [2.05, 4.69) is 10.2 Å². The molecule has 0 spiro atoms. The predicted molar refractivity (Wildman–Crippen MR) is 79.5 cm³/mol. The Labute approximate surface area is 117 Å². The average Bonchev–Trinajstić information content (AvgIpc) is 2.94. The fraction of sp³-hybridized carbons (Fsp3) is 0.0588. The van der Waals surface area contributed by atoms with Crippen LogP contribution in [0, 0.1) is 0 Å². The van der Waals surface area contributed by atoms with Crippen molar-refractivity contribution in [2.75, 3.05) is 0 Å². The van der Waals surface area contributed by atoms with Gasteiger partial charge in [0.05, 0.1) is 11.3 Å². The van der Waals surface area contributed by atoms with E-state index in [-0.39, 0.29) is 5.78 Å². The number of ketones is 1. The first-order valence-corrected chi connectivity index (χ1v) is 6.47. The number of carbonyl (C=O) groups is 1. The molecule has 3 heteroatoms. The second kappa shape index (κ2) is 5.13. The number of rotatable bonds is 3. The van der Waals surface area contributed by atoms with Gasteiger partial charge in [0.15, 0.2) is 5.78 Å².